The van der Waals surface area contributed by atoms with Crippen LogP contribution in [0.5, 0.6) is 0 Å². The molecule has 6 atom stereocenters. The molecule has 6 unspecified atom stereocenters. The fourth-order valence-corrected chi connectivity index (χ4v) is 10.5. The molecule has 3 aliphatic carbocycles. The molecule has 0 radical (unpaired) electrons. The van der Waals surface area contributed by atoms with Crippen molar-refractivity contribution in [2.24, 2.45) is 0 Å². The molecule has 23 heavy (non-hydrogen) atoms. The lowest BCUT2D eigenvalue weighted by molar-refractivity contribution is 0.229. The molecule has 0 aromatic carbocycles. The molecule has 3 aliphatic rings. The number of alkyl halides is 3. The average Bonchev–Trinajstić information content (AvgIpc) is 2.54. The normalized spacial score (nSPS) is 45.3. The number of rotatable bonds is 3. The molecular weight excluding hydrogens is 320 g/mol. The third-order valence-electron chi connectivity index (χ3n) is 6.46. The van der Waals surface area contributed by atoms with Crippen LogP contribution in [-0.4, -0.2) is 35.5 Å². The van der Waals surface area contributed by atoms with Crippen LogP contribution in [0, 0.1) is 0 Å². The van der Waals surface area contributed by atoms with Crippen molar-refractivity contribution in [2.45, 2.75) is 113 Å². The number of hydrogen-bond acceptors (Lipinski definition) is 1. The number of hydrogen-bond donors (Lipinski definition) is 0. The summed E-state index contributed by atoms with van der Waals surface area (Å²) in [5, 5.41) is 0. The van der Waals surface area contributed by atoms with E-state index in [1.807, 2.05) is 0 Å². The van der Waals surface area contributed by atoms with Crippen molar-refractivity contribution in [2.75, 3.05) is 0 Å². The van der Waals surface area contributed by atoms with E-state index < -0.39 is 25.7 Å². The van der Waals surface area contributed by atoms with Crippen molar-refractivity contribution in [1.29, 1.82) is 0 Å². The molecule has 1 nitrogen and oxygen atoms in total. The summed E-state index contributed by atoms with van der Waals surface area (Å²) < 4.78 is 56.2. The summed E-state index contributed by atoms with van der Waals surface area (Å²) >= 11 is 0. The van der Waals surface area contributed by atoms with Crippen LogP contribution in [0.2, 0.25) is 0 Å². The molecule has 0 N–H and O–H groups in total. The fraction of sp³-hybridized carbons (Fsp3) is 1.00. The van der Waals surface area contributed by atoms with Crippen molar-refractivity contribution >= 4 is 7.14 Å². The maximum absolute atomic E-state index is 14.2. The van der Waals surface area contributed by atoms with Gasteiger partial charge in [0.05, 0.1) is 7.14 Å². The van der Waals surface area contributed by atoms with Crippen molar-refractivity contribution in [3.63, 3.8) is 0 Å². The zero-order chi connectivity index (χ0) is 16.4. The van der Waals surface area contributed by atoms with Gasteiger partial charge >= 0.3 is 0 Å². The SMILES string of the molecule is O=P(C1CCCC(F)C1)(C1CCCC(F)C1)C1CCCC(F)C1. The zero-order valence-corrected chi connectivity index (χ0v) is 14.8. The van der Waals surface area contributed by atoms with E-state index in [1.165, 1.54) is 0 Å². The van der Waals surface area contributed by atoms with Crippen LogP contribution in [0.4, 0.5) is 13.2 Å². The standard InChI is InChI=1S/C18H30F3OP/c19-13-4-1-7-16(10-13)23(22,17-8-2-5-14(20)11-17)18-9-3-6-15(21)12-18/h13-18H,1-12H2. The lowest BCUT2D eigenvalue weighted by Crippen LogP contribution is -2.36. The number of halogens is 3. The van der Waals surface area contributed by atoms with E-state index in [0.29, 0.717) is 38.5 Å². The van der Waals surface area contributed by atoms with Gasteiger partial charge in [0.2, 0.25) is 0 Å². The lowest BCUT2D eigenvalue weighted by atomic mass is 9.97. The molecule has 0 aromatic rings. The Kier molecular flexibility index (Phi) is 5.81. The molecular formula is C18H30F3OP. The van der Waals surface area contributed by atoms with E-state index in [9.17, 15) is 17.7 Å². The van der Waals surface area contributed by atoms with Crippen molar-refractivity contribution in [3.8, 4) is 0 Å². The Balaban J connectivity index is 1.86. The summed E-state index contributed by atoms with van der Waals surface area (Å²) in [5.41, 5.74) is -0.384. The summed E-state index contributed by atoms with van der Waals surface area (Å²) in [6.45, 7) is 0. The summed E-state index contributed by atoms with van der Waals surface area (Å²) in [6.07, 6.45) is 4.80. The monoisotopic (exact) mass is 350 g/mol. The molecule has 3 saturated carbocycles. The van der Waals surface area contributed by atoms with Gasteiger partial charge in [-0.15, -0.1) is 0 Å². The Morgan fingerprint density at radius 2 is 0.870 bits per heavy atom. The Labute approximate surface area is 138 Å². The quantitative estimate of drug-likeness (QED) is 0.555. The summed E-state index contributed by atoms with van der Waals surface area (Å²) in [4.78, 5) is 0. The minimum absolute atomic E-state index is 0.128. The first kappa shape index (κ1) is 17.8. The third-order valence-corrected chi connectivity index (χ3v) is 11.3. The molecule has 5 heteroatoms. The van der Waals surface area contributed by atoms with Gasteiger partial charge in [-0.25, -0.2) is 13.2 Å². The minimum atomic E-state index is -2.78. The van der Waals surface area contributed by atoms with Crippen LogP contribution in [0.25, 0.3) is 0 Å². The highest BCUT2D eigenvalue weighted by atomic mass is 31.2. The van der Waals surface area contributed by atoms with E-state index in [1.54, 1.807) is 0 Å². The van der Waals surface area contributed by atoms with E-state index in [-0.39, 0.29) is 17.0 Å². The van der Waals surface area contributed by atoms with Crippen molar-refractivity contribution in [3.05, 3.63) is 0 Å². The average molecular weight is 350 g/mol. The van der Waals surface area contributed by atoms with Gasteiger partial charge in [-0.3, -0.25) is 0 Å². The molecule has 0 spiro atoms. The van der Waals surface area contributed by atoms with Crippen LogP contribution in [0.3, 0.4) is 0 Å². The van der Waals surface area contributed by atoms with Gasteiger partial charge in [-0.05, 0) is 77.0 Å². The van der Waals surface area contributed by atoms with E-state index >= 15 is 0 Å². The molecule has 0 heterocycles. The first-order chi connectivity index (χ1) is 11.0. The lowest BCUT2D eigenvalue weighted by Gasteiger charge is -2.45. The maximum Gasteiger partial charge on any atom is 0.101 e. The fourth-order valence-electron chi connectivity index (χ4n) is 5.31. The molecule has 3 rings (SSSR count). The van der Waals surface area contributed by atoms with E-state index in [4.69, 9.17) is 0 Å². The van der Waals surface area contributed by atoms with Crippen molar-refractivity contribution in [1.82, 2.24) is 0 Å². The summed E-state index contributed by atoms with van der Waals surface area (Å²) in [6, 6.07) is 0. The Morgan fingerprint density at radius 3 is 1.13 bits per heavy atom. The molecule has 0 aliphatic heterocycles. The molecule has 0 bridgehead atoms. The third kappa shape index (κ3) is 3.83. The van der Waals surface area contributed by atoms with Crippen LogP contribution >= 0.6 is 7.14 Å². The molecule has 3 fully saturated rings. The highest BCUT2D eigenvalue weighted by Gasteiger charge is 2.49. The second-order valence-corrected chi connectivity index (χ2v) is 11.7. The second-order valence-electron chi connectivity index (χ2n) is 8.02. The van der Waals surface area contributed by atoms with Crippen LogP contribution < -0.4 is 0 Å². The molecule has 0 saturated heterocycles. The smallest absolute Gasteiger partial charge is 0.101 e. The van der Waals surface area contributed by atoms with Gasteiger partial charge in [0.25, 0.3) is 0 Å². The molecule has 0 amide bonds. The molecule has 134 valence electrons. The first-order valence-electron chi connectivity index (χ1n) is 9.51. The summed E-state index contributed by atoms with van der Waals surface area (Å²) in [5.74, 6) is 0. The predicted molar refractivity (Wildman–Crippen MR) is 89.1 cm³/mol. The van der Waals surface area contributed by atoms with Gasteiger partial charge in [-0.1, -0.05) is 0 Å². The van der Waals surface area contributed by atoms with Gasteiger partial charge < -0.3 is 4.57 Å². The van der Waals surface area contributed by atoms with Gasteiger partial charge in [0, 0.05) is 17.0 Å². The highest BCUT2D eigenvalue weighted by molar-refractivity contribution is 7.66. The Hall–Kier alpha value is 0.0200. The highest BCUT2D eigenvalue weighted by Crippen LogP contribution is 2.68. The maximum atomic E-state index is 14.2. The predicted octanol–water partition coefficient (Wildman–Crippen LogP) is 6.19. The van der Waals surface area contributed by atoms with Crippen molar-refractivity contribution < 1.29 is 17.7 Å². The Bertz CT molecular complexity index is 382. The van der Waals surface area contributed by atoms with E-state index in [2.05, 4.69) is 0 Å². The zero-order valence-electron chi connectivity index (χ0n) is 13.9. The van der Waals surface area contributed by atoms with E-state index in [0.717, 1.165) is 38.5 Å². The first-order valence-corrected chi connectivity index (χ1v) is 11.4. The topological polar surface area (TPSA) is 17.1 Å². The van der Waals surface area contributed by atoms with Gasteiger partial charge in [-0.2, -0.15) is 0 Å². The van der Waals surface area contributed by atoms with Crippen LogP contribution in [-0.2, 0) is 4.57 Å². The largest absolute Gasteiger partial charge is 0.323 e. The van der Waals surface area contributed by atoms with Gasteiger partial charge in [0.1, 0.15) is 18.5 Å². The Morgan fingerprint density at radius 1 is 0.565 bits per heavy atom. The second kappa shape index (κ2) is 7.50. The van der Waals surface area contributed by atoms with Gasteiger partial charge in [0.15, 0.2) is 0 Å². The summed E-state index contributed by atoms with van der Waals surface area (Å²) in [7, 11) is -2.78. The van der Waals surface area contributed by atoms with Crippen LogP contribution in [0.1, 0.15) is 77.0 Å². The minimum Gasteiger partial charge on any atom is -0.323 e. The van der Waals surface area contributed by atoms with Crippen LogP contribution in [0.15, 0.2) is 0 Å². The molecule has 0 aromatic heterocycles.